The van der Waals surface area contributed by atoms with E-state index in [1.807, 2.05) is 30.3 Å². The number of nitro benzene ring substituents is 1. The van der Waals surface area contributed by atoms with E-state index >= 15 is 0 Å². The monoisotopic (exact) mass is 574 g/mol. The summed E-state index contributed by atoms with van der Waals surface area (Å²) < 4.78 is 12.4. The predicted octanol–water partition coefficient (Wildman–Crippen LogP) is 6.75. The number of ether oxygens (including phenoxy) is 2. The molecular formula is C29H20Cl2N4O5. The maximum atomic E-state index is 13.4. The van der Waals surface area contributed by atoms with Gasteiger partial charge in [-0.1, -0.05) is 71.7 Å². The average Bonchev–Trinajstić information content (AvgIpc) is 2.97. The van der Waals surface area contributed by atoms with Crippen molar-refractivity contribution in [3.05, 3.63) is 127 Å². The summed E-state index contributed by atoms with van der Waals surface area (Å²) in [5.41, 5.74) is 1.45. The third kappa shape index (κ3) is 5.51. The van der Waals surface area contributed by atoms with E-state index in [0.717, 1.165) is 0 Å². The molecule has 0 spiro atoms. The smallest absolute Gasteiger partial charge is 0.315 e. The molecule has 1 aromatic heterocycles. The second-order valence-electron chi connectivity index (χ2n) is 8.55. The summed E-state index contributed by atoms with van der Waals surface area (Å²) >= 11 is 12.0. The first-order chi connectivity index (χ1) is 19.4. The molecule has 0 aliphatic heterocycles. The zero-order chi connectivity index (χ0) is 28.2. The van der Waals surface area contributed by atoms with Gasteiger partial charge in [0.05, 0.1) is 39.2 Å². The Balaban J connectivity index is 1.56. The van der Waals surface area contributed by atoms with Gasteiger partial charge in [0.2, 0.25) is 5.75 Å². The summed E-state index contributed by atoms with van der Waals surface area (Å²) in [5.74, 6) is 0.372. The third-order valence-electron chi connectivity index (χ3n) is 5.95. The van der Waals surface area contributed by atoms with Crippen LogP contribution in [0.25, 0.3) is 22.3 Å². The van der Waals surface area contributed by atoms with E-state index < -0.39 is 4.92 Å². The number of hydrogen-bond donors (Lipinski definition) is 0. The fourth-order valence-corrected chi connectivity index (χ4v) is 4.35. The quantitative estimate of drug-likeness (QED) is 0.115. The Bertz CT molecular complexity index is 1820. The average molecular weight is 575 g/mol. The van der Waals surface area contributed by atoms with Gasteiger partial charge >= 0.3 is 5.69 Å². The van der Waals surface area contributed by atoms with Gasteiger partial charge in [0, 0.05) is 17.2 Å². The molecule has 0 radical (unpaired) electrons. The fourth-order valence-electron chi connectivity index (χ4n) is 4.03. The first-order valence-corrected chi connectivity index (χ1v) is 12.7. The van der Waals surface area contributed by atoms with Gasteiger partial charge in [-0.05, 0) is 35.9 Å². The molecule has 0 saturated heterocycles. The van der Waals surface area contributed by atoms with E-state index in [9.17, 15) is 14.9 Å². The maximum absolute atomic E-state index is 13.4. The number of aromatic nitrogens is 2. The van der Waals surface area contributed by atoms with Gasteiger partial charge in [-0.2, -0.15) is 9.78 Å². The topological polar surface area (TPSA) is 109 Å². The zero-order valence-electron chi connectivity index (χ0n) is 21.0. The van der Waals surface area contributed by atoms with Crippen LogP contribution in [0.1, 0.15) is 11.1 Å². The number of hydrogen-bond acceptors (Lipinski definition) is 7. The lowest BCUT2D eigenvalue weighted by molar-refractivity contribution is -0.386. The highest BCUT2D eigenvalue weighted by molar-refractivity contribution is 6.42. The lowest BCUT2D eigenvalue weighted by Crippen LogP contribution is -2.20. The number of rotatable bonds is 8. The summed E-state index contributed by atoms with van der Waals surface area (Å²) in [5, 5.41) is 17.5. The van der Waals surface area contributed by atoms with Crippen LogP contribution in [0.4, 0.5) is 5.69 Å². The Morgan fingerprint density at radius 3 is 2.48 bits per heavy atom. The summed E-state index contributed by atoms with van der Waals surface area (Å²) in [6.07, 6.45) is 1.34. The first kappa shape index (κ1) is 26.9. The minimum absolute atomic E-state index is 0.0138. The molecule has 0 saturated carbocycles. The number of nitrogens with zero attached hydrogens (tertiary/aromatic N) is 4. The second kappa shape index (κ2) is 11.6. The number of fused-ring (bicyclic) bond motifs is 1. The summed E-state index contributed by atoms with van der Waals surface area (Å²) in [7, 11) is 1.37. The highest BCUT2D eigenvalue weighted by atomic mass is 35.5. The predicted molar refractivity (Wildman–Crippen MR) is 155 cm³/mol. The molecule has 5 aromatic rings. The van der Waals surface area contributed by atoms with Crippen molar-refractivity contribution in [2.45, 2.75) is 6.61 Å². The molecule has 40 heavy (non-hydrogen) atoms. The van der Waals surface area contributed by atoms with Crippen LogP contribution in [-0.4, -0.2) is 27.9 Å². The van der Waals surface area contributed by atoms with Crippen LogP contribution in [0, 0.1) is 10.1 Å². The molecule has 0 amide bonds. The van der Waals surface area contributed by atoms with Gasteiger partial charge in [0.1, 0.15) is 6.61 Å². The number of methoxy groups -OCH3 is 1. The summed E-state index contributed by atoms with van der Waals surface area (Å²) in [4.78, 5) is 29.5. The largest absolute Gasteiger partial charge is 0.493 e. The molecule has 0 aliphatic rings. The molecule has 0 bridgehead atoms. The minimum Gasteiger partial charge on any atom is -0.493 e. The Hall–Kier alpha value is -4.73. The molecule has 0 aliphatic carbocycles. The number of para-hydroxylation sites is 1. The Kier molecular flexibility index (Phi) is 7.77. The van der Waals surface area contributed by atoms with Crippen LogP contribution >= 0.6 is 23.2 Å². The van der Waals surface area contributed by atoms with Gasteiger partial charge < -0.3 is 9.47 Å². The third-order valence-corrected chi connectivity index (χ3v) is 6.69. The molecule has 200 valence electrons. The van der Waals surface area contributed by atoms with Crippen molar-refractivity contribution in [3.8, 4) is 22.9 Å². The number of nitro groups is 1. The van der Waals surface area contributed by atoms with Crippen molar-refractivity contribution in [2.75, 3.05) is 7.11 Å². The van der Waals surface area contributed by atoms with Crippen molar-refractivity contribution >= 4 is 46.0 Å². The molecule has 0 fully saturated rings. The van der Waals surface area contributed by atoms with Gasteiger partial charge in [-0.3, -0.25) is 14.9 Å². The van der Waals surface area contributed by atoms with Gasteiger partial charge in [0.25, 0.3) is 5.56 Å². The van der Waals surface area contributed by atoms with Crippen LogP contribution in [0.5, 0.6) is 11.5 Å². The molecule has 9 nitrogen and oxygen atoms in total. The first-order valence-electron chi connectivity index (χ1n) is 11.9. The van der Waals surface area contributed by atoms with Crippen molar-refractivity contribution < 1.29 is 14.4 Å². The van der Waals surface area contributed by atoms with Crippen LogP contribution in [0.3, 0.4) is 0 Å². The molecular weight excluding hydrogens is 555 g/mol. The normalized spacial score (nSPS) is 11.2. The SMILES string of the molecule is COc1cc(C=Nn2c(-c3ccccc3)nc3ccccc3c2=O)cc([N+](=O)[O-])c1OCc1ccc(Cl)c(Cl)c1. The van der Waals surface area contributed by atoms with E-state index in [1.165, 1.54) is 30.1 Å². The summed E-state index contributed by atoms with van der Waals surface area (Å²) in [6.45, 7) is -0.0138. The van der Waals surface area contributed by atoms with E-state index in [4.69, 9.17) is 32.7 Å². The van der Waals surface area contributed by atoms with Crippen LogP contribution < -0.4 is 15.0 Å². The van der Waals surface area contributed by atoms with Crippen LogP contribution in [0.2, 0.25) is 10.0 Å². The molecule has 4 aromatic carbocycles. The maximum Gasteiger partial charge on any atom is 0.315 e. The minimum atomic E-state index is -0.580. The van der Waals surface area contributed by atoms with Gasteiger partial charge in [-0.25, -0.2) is 4.98 Å². The standard InChI is InChI=1S/C29H20Cl2N4O5/c1-39-26-15-19(14-25(35(37)38)27(26)40-17-18-11-12-22(30)23(31)13-18)16-32-34-28(20-7-3-2-4-8-20)33-24-10-6-5-9-21(24)29(34)36/h2-16H,17H2,1H3. The van der Waals surface area contributed by atoms with Crippen LogP contribution in [-0.2, 0) is 6.61 Å². The number of benzene rings is 4. The molecule has 5 rings (SSSR count). The molecule has 0 unspecified atom stereocenters. The fraction of sp³-hybridized carbons (Fsp3) is 0.0690. The van der Waals surface area contributed by atoms with Gasteiger partial charge in [-0.15, -0.1) is 0 Å². The van der Waals surface area contributed by atoms with E-state index in [1.54, 1.807) is 42.5 Å². The Morgan fingerprint density at radius 1 is 1.00 bits per heavy atom. The van der Waals surface area contributed by atoms with Crippen LogP contribution in [0.15, 0.2) is 94.8 Å². The zero-order valence-corrected chi connectivity index (χ0v) is 22.5. The molecule has 0 atom stereocenters. The highest BCUT2D eigenvalue weighted by Gasteiger charge is 2.23. The Morgan fingerprint density at radius 2 is 1.75 bits per heavy atom. The van der Waals surface area contributed by atoms with Crippen molar-refractivity contribution in [3.63, 3.8) is 0 Å². The van der Waals surface area contributed by atoms with Gasteiger partial charge in [0.15, 0.2) is 11.6 Å². The van der Waals surface area contributed by atoms with E-state index in [-0.39, 0.29) is 29.4 Å². The lowest BCUT2D eigenvalue weighted by Gasteiger charge is -2.13. The van der Waals surface area contributed by atoms with Crippen molar-refractivity contribution in [1.82, 2.24) is 9.66 Å². The summed E-state index contributed by atoms with van der Waals surface area (Å²) in [6, 6.07) is 23.9. The van der Waals surface area contributed by atoms with Crippen molar-refractivity contribution in [1.29, 1.82) is 0 Å². The highest BCUT2D eigenvalue weighted by Crippen LogP contribution is 2.39. The Labute approximate surface area is 238 Å². The number of halogens is 2. The molecule has 11 heteroatoms. The van der Waals surface area contributed by atoms with E-state index in [2.05, 4.69) is 10.1 Å². The molecule has 0 N–H and O–H groups in total. The lowest BCUT2D eigenvalue weighted by atomic mass is 10.1. The second-order valence-corrected chi connectivity index (χ2v) is 9.36. The molecule has 1 heterocycles. The van der Waals surface area contributed by atoms with E-state index in [0.29, 0.717) is 43.5 Å². The van der Waals surface area contributed by atoms with Crippen molar-refractivity contribution in [2.24, 2.45) is 5.10 Å².